The standard InChI is InChI=1S/C22H17ClF3N3OS/c1-13-7-8-15(9-14(13)2)18-12-31-20(29-18)16(10-27)11-28-17-5-3-4-6-19(17)30-22(25,26)21(23)24/h3-9,11-12,21,28H,1-2H3. The minimum absolute atomic E-state index is 0.109. The zero-order valence-electron chi connectivity index (χ0n) is 16.5. The van der Waals surface area contributed by atoms with E-state index in [0.717, 1.165) is 16.8 Å². The molecule has 2 aromatic carbocycles. The first-order valence-electron chi connectivity index (χ1n) is 9.05. The van der Waals surface area contributed by atoms with Crippen LogP contribution in [0.25, 0.3) is 16.8 Å². The van der Waals surface area contributed by atoms with Gasteiger partial charge < -0.3 is 10.1 Å². The first-order valence-corrected chi connectivity index (χ1v) is 10.4. The van der Waals surface area contributed by atoms with Gasteiger partial charge in [0.05, 0.1) is 11.4 Å². The number of aromatic nitrogens is 1. The monoisotopic (exact) mass is 463 g/mol. The fraction of sp³-hybridized carbons (Fsp3) is 0.182. The lowest BCUT2D eigenvalue weighted by Crippen LogP contribution is -2.33. The molecule has 0 bridgehead atoms. The van der Waals surface area contributed by atoms with Gasteiger partial charge in [-0.3, -0.25) is 0 Å². The fourth-order valence-electron chi connectivity index (χ4n) is 2.59. The van der Waals surface area contributed by atoms with Gasteiger partial charge in [-0.15, -0.1) is 11.3 Å². The Morgan fingerprint density at radius 2 is 2.00 bits per heavy atom. The average Bonchev–Trinajstić information content (AvgIpc) is 3.21. The number of hydrogen-bond acceptors (Lipinski definition) is 5. The number of rotatable bonds is 7. The van der Waals surface area contributed by atoms with E-state index < -0.39 is 11.7 Å². The van der Waals surface area contributed by atoms with Crippen molar-refractivity contribution in [3.8, 4) is 23.1 Å². The number of alkyl halides is 4. The Bertz CT molecular complexity index is 1150. The van der Waals surface area contributed by atoms with Crippen LogP contribution in [0, 0.1) is 25.2 Å². The van der Waals surface area contributed by atoms with Gasteiger partial charge in [-0.2, -0.15) is 14.0 Å². The van der Waals surface area contributed by atoms with Crippen molar-refractivity contribution in [3.63, 3.8) is 0 Å². The largest absolute Gasteiger partial charge is 0.444 e. The first-order chi connectivity index (χ1) is 14.7. The van der Waals surface area contributed by atoms with Crippen LogP contribution < -0.4 is 10.1 Å². The van der Waals surface area contributed by atoms with Gasteiger partial charge in [-0.05, 0) is 43.2 Å². The zero-order chi connectivity index (χ0) is 22.6. The molecule has 1 unspecified atom stereocenters. The maximum atomic E-state index is 13.5. The molecule has 0 radical (unpaired) electrons. The molecule has 0 amide bonds. The average molecular weight is 464 g/mol. The molecule has 1 aromatic heterocycles. The van der Waals surface area contributed by atoms with Gasteiger partial charge in [-0.1, -0.05) is 35.9 Å². The highest BCUT2D eigenvalue weighted by molar-refractivity contribution is 7.11. The van der Waals surface area contributed by atoms with Gasteiger partial charge >= 0.3 is 6.11 Å². The summed E-state index contributed by atoms with van der Waals surface area (Å²) in [5.74, 6) is -0.320. The summed E-state index contributed by atoms with van der Waals surface area (Å²) in [6.07, 6.45) is -2.88. The van der Waals surface area contributed by atoms with Crippen LogP contribution in [-0.2, 0) is 0 Å². The molecule has 0 spiro atoms. The summed E-state index contributed by atoms with van der Waals surface area (Å²) in [5, 5.41) is 14.6. The molecule has 0 aliphatic rings. The maximum absolute atomic E-state index is 13.5. The molecule has 0 aliphatic carbocycles. The van der Waals surface area contributed by atoms with E-state index in [0.29, 0.717) is 5.01 Å². The van der Waals surface area contributed by atoms with Gasteiger partial charge in [0.1, 0.15) is 22.4 Å². The zero-order valence-corrected chi connectivity index (χ0v) is 18.1. The van der Waals surface area contributed by atoms with Gasteiger partial charge in [-0.25, -0.2) is 9.37 Å². The van der Waals surface area contributed by atoms with E-state index in [2.05, 4.69) is 15.0 Å². The number of anilines is 1. The summed E-state index contributed by atoms with van der Waals surface area (Å²) in [6.45, 7) is 4.03. The molecule has 0 saturated heterocycles. The Morgan fingerprint density at radius 1 is 1.26 bits per heavy atom. The van der Waals surface area contributed by atoms with Crippen molar-refractivity contribution in [3.05, 3.63) is 70.2 Å². The van der Waals surface area contributed by atoms with Crippen molar-refractivity contribution in [2.75, 3.05) is 5.32 Å². The summed E-state index contributed by atoms with van der Waals surface area (Å²) < 4.78 is 44.4. The third-order valence-electron chi connectivity index (χ3n) is 4.42. The van der Waals surface area contributed by atoms with Crippen molar-refractivity contribution >= 4 is 34.2 Å². The van der Waals surface area contributed by atoms with Crippen LogP contribution in [0.4, 0.5) is 18.9 Å². The Labute approximate surface area is 186 Å². The molecular formula is C22H17ClF3N3OS. The smallest absolute Gasteiger partial charge is 0.427 e. The molecule has 1 heterocycles. The van der Waals surface area contributed by atoms with Crippen molar-refractivity contribution in [2.24, 2.45) is 0 Å². The second-order valence-electron chi connectivity index (χ2n) is 6.61. The molecule has 31 heavy (non-hydrogen) atoms. The summed E-state index contributed by atoms with van der Waals surface area (Å²) in [6, 6.07) is 13.7. The fourth-order valence-corrected chi connectivity index (χ4v) is 3.43. The molecule has 160 valence electrons. The van der Waals surface area contributed by atoms with Gasteiger partial charge in [0, 0.05) is 17.1 Å². The lowest BCUT2D eigenvalue weighted by Gasteiger charge is -2.19. The van der Waals surface area contributed by atoms with Crippen molar-refractivity contribution in [2.45, 2.75) is 25.6 Å². The number of benzene rings is 2. The van der Waals surface area contributed by atoms with Crippen LogP contribution in [0.3, 0.4) is 0 Å². The minimum atomic E-state index is -4.21. The van der Waals surface area contributed by atoms with E-state index in [1.807, 2.05) is 43.5 Å². The highest BCUT2D eigenvalue weighted by atomic mass is 35.5. The molecule has 0 saturated carbocycles. The Kier molecular flexibility index (Phi) is 6.88. The maximum Gasteiger partial charge on any atom is 0.444 e. The van der Waals surface area contributed by atoms with Crippen molar-refractivity contribution in [1.29, 1.82) is 5.26 Å². The number of halogens is 4. The molecule has 4 nitrogen and oxygen atoms in total. The number of ether oxygens (including phenoxy) is 1. The van der Waals surface area contributed by atoms with Gasteiger partial charge in [0.2, 0.25) is 0 Å². The van der Waals surface area contributed by atoms with E-state index in [9.17, 15) is 18.4 Å². The molecule has 3 aromatic rings. The second-order valence-corrected chi connectivity index (χ2v) is 7.85. The van der Waals surface area contributed by atoms with Crippen LogP contribution >= 0.6 is 22.9 Å². The lowest BCUT2D eigenvalue weighted by molar-refractivity contribution is -0.198. The Morgan fingerprint density at radius 3 is 2.68 bits per heavy atom. The highest BCUT2D eigenvalue weighted by Crippen LogP contribution is 2.34. The Balaban J connectivity index is 1.84. The van der Waals surface area contributed by atoms with Crippen molar-refractivity contribution in [1.82, 2.24) is 4.98 Å². The molecule has 1 N–H and O–H groups in total. The van der Waals surface area contributed by atoms with Crippen LogP contribution in [0.1, 0.15) is 16.1 Å². The lowest BCUT2D eigenvalue weighted by atomic mass is 10.1. The third kappa shape index (κ3) is 5.37. The normalized spacial score (nSPS) is 12.9. The molecular weight excluding hydrogens is 447 g/mol. The van der Waals surface area contributed by atoms with E-state index in [1.54, 1.807) is 6.07 Å². The summed E-state index contributed by atoms with van der Waals surface area (Å²) in [5.41, 5.74) is 1.25. The van der Waals surface area contributed by atoms with E-state index in [1.165, 1.54) is 41.3 Å². The van der Waals surface area contributed by atoms with Crippen LogP contribution in [0.15, 0.2) is 54.0 Å². The third-order valence-corrected chi connectivity index (χ3v) is 5.55. The predicted molar refractivity (Wildman–Crippen MR) is 117 cm³/mol. The van der Waals surface area contributed by atoms with Crippen LogP contribution in [-0.4, -0.2) is 16.7 Å². The number of hydrogen-bond donors (Lipinski definition) is 1. The first kappa shape index (κ1) is 22.7. The summed E-state index contributed by atoms with van der Waals surface area (Å²) in [7, 11) is 0. The molecule has 3 rings (SSSR count). The molecule has 0 fully saturated rings. The number of para-hydroxylation sites is 2. The number of aryl methyl sites for hydroxylation is 2. The number of nitriles is 1. The van der Waals surface area contributed by atoms with Crippen molar-refractivity contribution < 1.29 is 17.9 Å². The number of nitrogens with zero attached hydrogens (tertiary/aromatic N) is 2. The van der Waals surface area contributed by atoms with E-state index in [-0.39, 0.29) is 17.0 Å². The molecule has 9 heteroatoms. The number of allylic oxidation sites excluding steroid dienone is 1. The Hall–Kier alpha value is -3.02. The number of nitrogens with one attached hydrogen (secondary N) is 1. The molecule has 1 atom stereocenters. The van der Waals surface area contributed by atoms with E-state index >= 15 is 0 Å². The SMILES string of the molecule is Cc1ccc(-c2csc(C(C#N)=CNc3ccccc3OC(F)(F)C(F)Cl)n2)cc1C. The van der Waals surface area contributed by atoms with Crippen LogP contribution in [0.2, 0.25) is 0 Å². The minimum Gasteiger partial charge on any atom is -0.427 e. The highest BCUT2D eigenvalue weighted by Gasteiger charge is 2.42. The van der Waals surface area contributed by atoms with Gasteiger partial charge in [0.25, 0.3) is 5.63 Å². The topological polar surface area (TPSA) is 57.9 Å². The predicted octanol–water partition coefficient (Wildman–Crippen LogP) is 6.91. The molecule has 0 aliphatic heterocycles. The quantitative estimate of drug-likeness (QED) is 0.305. The second kappa shape index (κ2) is 9.41. The number of thiazole rings is 1. The van der Waals surface area contributed by atoms with Crippen LogP contribution in [0.5, 0.6) is 5.75 Å². The summed E-state index contributed by atoms with van der Waals surface area (Å²) >= 11 is 6.13. The van der Waals surface area contributed by atoms with Gasteiger partial charge in [0.15, 0.2) is 0 Å². The summed E-state index contributed by atoms with van der Waals surface area (Å²) in [4.78, 5) is 4.51. The van der Waals surface area contributed by atoms with E-state index in [4.69, 9.17) is 11.6 Å².